The van der Waals surface area contributed by atoms with E-state index in [1.54, 1.807) is 18.2 Å². The minimum absolute atomic E-state index is 0.0738. The van der Waals surface area contributed by atoms with Crippen LogP contribution in [0.5, 0.6) is 11.5 Å². The molecular formula is C33H27ClN2O4. The van der Waals surface area contributed by atoms with Gasteiger partial charge in [-0.2, -0.15) is 0 Å². The Morgan fingerprint density at radius 2 is 1.88 bits per heavy atom. The largest absolute Gasteiger partial charge is 0.504 e. The van der Waals surface area contributed by atoms with Crippen molar-refractivity contribution in [2.75, 3.05) is 13.6 Å². The highest BCUT2D eigenvalue weighted by Crippen LogP contribution is 2.69. The molecule has 3 heterocycles. The Morgan fingerprint density at radius 1 is 1.07 bits per heavy atom. The van der Waals surface area contributed by atoms with E-state index in [-0.39, 0.29) is 17.8 Å². The second-order valence-electron chi connectivity index (χ2n) is 11.5. The lowest BCUT2D eigenvalue weighted by molar-refractivity contribution is -0.171. The average molecular weight is 551 g/mol. The maximum absolute atomic E-state index is 13.9. The molecule has 0 unspecified atom stereocenters. The number of aromatic nitrogens is 1. The Morgan fingerprint density at radius 3 is 2.67 bits per heavy atom. The molecule has 1 aromatic heterocycles. The first-order valence-corrected chi connectivity index (χ1v) is 14.0. The monoisotopic (exact) mass is 550 g/mol. The number of esters is 1. The van der Waals surface area contributed by atoms with Crippen molar-refractivity contribution in [3.63, 3.8) is 0 Å². The number of benzene rings is 3. The van der Waals surface area contributed by atoms with Crippen molar-refractivity contribution in [3.05, 3.63) is 112 Å². The number of fused-ring (bicyclic) bond motifs is 2. The van der Waals surface area contributed by atoms with E-state index in [1.807, 2.05) is 54.7 Å². The molecule has 1 saturated heterocycles. The van der Waals surface area contributed by atoms with Crippen LogP contribution in [0.25, 0.3) is 11.1 Å². The molecule has 40 heavy (non-hydrogen) atoms. The predicted octanol–water partition coefficient (Wildman–Crippen LogP) is 5.89. The minimum Gasteiger partial charge on any atom is -0.504 e. The minimum atomic E-state index is -0.920. The topological polar surface area (TPSA) is 71.9 Å². The van der Waals surface area contributed by atoms with E-state index in [9.17, 15) is 9.90 Å². The lowest BCUT2D eigenvalue weighted by atomic mass is 9.48. The number of phenolic OH excluding ortho intramolecular Hbond substituents is 1. The van der Waals surface area contributed by atoms with Gasteiger partial charge in [0.1, 0.15) is 5.60 Å². The molecule has 8 rings (SSSR count). The van der Waals surface area contributed by atoms with Crippen LogP contribution >= 0.6 is 11.6 Å². The molecule has 2 aliphatic heterocycles. The Balaban J connectivity index is 1.37. The fraction of sp³-hybridized carbons (Fsp3) is 0.273. The molecule has 7 heteroatoms. The van der Waals surface area contributed by atoms with Crippen LogP contribution in [0.4, 0.5) is 0 Å². The molecule has 1 spiro atoms. The highest BCUT2D eigenvalue weighted by molar-refractivity contribution is 6.30. The number of pyridine rings is 1. The van der Waals surface area contributed by atoms with Crippen molar-refractivity contribution < 1.29 is 19.4 Å². The van der Waals surface area contributed by atoms with Crippen molar-refractivity contribution in [3.8, 4) is 22.6 Å². The molecule has 4 atom stereocenters. The molecule has 0 radical (unpaired) electrons. The lowest BCUT2D eigenvalue weighted by Gasteiger charge is -2.63. The van der Waals surface area contributed by atoms with Crippen LogP contribution in [0.1, 0.15) is 45.3 Å². The van der Waals surface area contributed by atoms with E-state index in [1.165, 1.54) is 0 Å². The molecule has 6 nitrogen and oxygen atoms in total. The normalized spacial score (nSPS) is 27.4. The molecular weight excluding hydrogens is 524 g/mol. The smallest absolute Gasteiger partial charge is 0.338 e. The van der Waals surface area contributed by atoms with Gasteiger partial charge in [-0.15, -0.1) is 0 Å². The first-order chi connectivity index (χ1) is 19.4. The molecule has 4 aliphatic rings. The Labute approximate surface area is 237 Å². The second kappa shape index (κ2) is 8.32. The molecule has 2 bridgehead atoms. The van der Waals surface area contributed by atoms with Crippen molar-refractivity contribution in [1.29, 1.82) is 0 Å². The van der Waals surface area contributed by atoms with Gasteiger partial charge in [-0.25, -0.2) is 4.79 Å². The fourth-order valence-corrected chi connectivity index (χ4v) is 8.00. The van der Waals surface area contributed by atoms with Gasteiger partial charge in [0.25, 0.3) is 0 Å². The van der Waals surface area contributed by atoms with Gasteiger partial charge in [-0.3, -0.25) is 9.88 Å². The molecule has 0 saturated carbocycles. The SMILES string of the molecule is CN1CC[C@]23c4c5ccc(O)c4O[C@H]2c2ncc(-c4ccc(Cl)cc4)cc2C[C@@]3(OC(=O)c2ccccc2)[C@H]1C5. The summed E-state index contributed by atoms with van der Waals surface area (Å²) in [7, 11) is 2.12. The summed E-state index contributed by atoms with van der Waals surface area (Å²) in [4.78, 5) is 21.2. The van der Waals surface area contributed by atoms with E-state index < -0.39 is 17.1 Å². The quantitative estimate of drug-likeness (QED) is 0.321. The highest BCUT2D eigenvalue weighted by Gasteiger charge is 2.74. The third-order valence-electron chi connectivity index (χ3n) is 9.61. The van der Waals surface area contributed by atoms with Gasteiger partial charge in [0, 0.05) is 28.8 Å². The van der Waals surface area contributed by atoms with Crippen molar-refractivity contribution in [2.24, 2.45) is 0 Å². The van der Waals surface area contributed by atoms with Crippen LogP contribution in [0.3, 0.4) is 0 Å². The van der Waals surface area contributed by atoms with Crippen LogP contribution in [0.15, 0.2) is 79.0 Å². The summed E-state index contributed by atoms with van der Waals surface area (Å²) in [6, 6.07) is 22.7. The zero-order chi connectivity index (χ0) is 27.2. The molecule has 3 aromatic carbocycles. The van der Waals surface area contributed by atoms with E-state index in [4.69, 9.17) is 26.1 Å². The van der Waals surface area contributed by atoms with E-state index in [0.717, 1.165) is 46.5 Å². The number of rotatable bonds is 3. The molecule has 1 N–H and O–H groups in total. The molecule has 4 aromatic rings. The maximum Gasteiger partial charge on any atom is 0.338 e. The molecule has 1 fully saturated rings. The molecule has 2 aliphatic carbocycles. The Hall–Kier alpha value is -3.87. The van der Waals surface area contributed by atoms with E-state index in [0.29, 0.717) is 29.2 Å². The first-order valence-electron chi connectivity index (χ1n) is 13.7. The lowest BCUT2D eigenvalue weighted by Crippen LogP contribution is -2.75. The summed E-state index contributed by atoms with van der Waals surface area (Å²) in [6.45, 7) is 0.821. The molecule has 0 amide bonds. The van der Waals surface area contributed by atoms with E-state index >= 15 is 0 Å². The third kappa shape index (κ3) is 3.03. The summed E-state index contributed by atoms with van der Waals surface area (Å²) in [5.41, 5.74) is 4.85. The van der Waals surface area contributed by atoms with Gasteiger partial charge in [0.2, 0.25) is 0 Å². The van der Waals surface area contributed by atoms with Gasteiger partial charge in [0.15, 0.2) is 17.6 Å². The number of piperidine rings is 1. The number of halogens is 1. The second-order valence-corrected chi connectivity index (χ2v) is 11.9. The Kier molecular flexibility index (Phi) is 4.99. The number of nitrogens with zero attached hydrogens (tertiary/aromatic N) is 2. The summed E-state index contributed by atoms with van der Waals surface area (Å²) < 4.78 is 13.5. The van der Waals surface area contributed by atoms with Gasteiger partial charge in [0.05, 0.1) is 22.7 Å². The van der Waals surface area contributed by atoms with Crippen molar-refractivity contribution in [1.82, 2.24) is 9.88 Å². The maximum atomic E-state index is 13.9. The summed E-state index contributed by atoms with van der Waals surface area (Å²) >= 11 is 6.15. The van der Waals surface area contributed by atoms with Crippen LogP contribution in [-0.4, -0.2) is 46.2 Å². The van der Waals surface area contributed by atoms with Crippen LogP contribution in [0, 0.1) is 0 Å². The zero-order valence-electron chi connectivity index (χ0n) is 21.9. The molecule has 200 valence electrons. The van der Waals surface area contributed by atoms with Gasteiger partial charge in [-0.1, -0.05) is 48.0 Å². The van der Waals surface area contributed by atoms with Crippen molar-refractivity contribution >= 4 is 17.6 Å². The number of carbonyl (C=O) groups is 1. The standard InChI is InChI=1S/C33H27ClN2O4/c1-36-14-13-32-27-21-9-12-25(37)29(27)39-30(32)28-22(15-23(18-35-28)19-7-10-24(34)11-8-19)17-33(32,26(36)16-21)40-31(38)20-5-3-2-4-6-20/h2-12,15,18,26,30,37H,13-14,16-17H2,1H3/t26-,30+,32+,33-/m1/s1. The average Bonchev–Trinajstić information content (AvgIpc) is 3.33. The first kappa shape index (κ1) is 24.0. The van der Waals surface area contributed by atoms with Gasteiger partial charge in [-0.05, 0) is 79.5 Å². The van der Waals surface area contributed by atoms with Gasteiger partial charge < -0.3 is 14.6 Å². The van der Waals surface area contributed by atoms with Crippen LogP contribution in [-0.2, 0) is 23.0 Å². The highest BCUT2D eigenvalue weighted by atomic mass is 35.5. The summed E-state index contributed by atoms with van der Waals surface area (Å²) in [6.07, 6.45) is 3.30. The fourth-order valence-electron chi connectivity index (χ4n) is 7.87. The van der Waals surface area contributed by atoms with Gasteiger partial charge >= 0.3 is 5.97 Å². The predicted molar refractivity (Wildman–Crippen MR) is 151 cm³/mol. The number of hydrogen-bond donors (Lipinski definition) is 1. The number of phenols is 1. The van der Waals surface area contributed by atoms with Crippen LogP contribution < -0.4 is 4.74 Å². The third-order valence-corrected chi connectivity index (χ3v) is 9.87. The summed E-state index contributed by atoms with van der Waals surface area (Å²) in [5, 5.41) is 11.7. The number of ether oxygens (including phenoxy) is 2. The van der Waals surface area contributed by atoms with Crippen LogP contribution in [0.2, 0.25) is 5.02 Å². The zero-order valence-corrected chi connectivity index (χ0v) is 22.7. The number of hydrogen-bond acceptors (Lipinski definition) is 6. The van der Waals surface area contributed by atoms with Crippen molar-refractivity contribution in [2.45, 2.75) is 42.4 Å². The number of likely N-dealkylation sites (tertiary alicyclic amines) is 1. The number of carbonyl (C=O) groups excluding carboxylic acids is 1. The number of likely N-dealkylation sites (N-methyl/N-ethyl adjacent to an activating group) is 1. The Bertz CT molecular complexity index is 1690. The summed E-state index contributed by atoms with van der Waals surface area (Å²) in [5.74, 6) is 0.269. The number of aromatic hydroxyl groups is 1. The van der Waals surface area contributed by atoms with E-state index in [2.05, 4.69) is 18.0 Å².